The first-order chi connectivity index (χ1) is 9.24. The summed E-state index contributed by atoms with van der Waals surface area (Å²) >= 11 is 0. The minimum absolute atomic E-state index is 0. The molecule has 106 valence electrons. The van der Waals surface area contributed by atoms with Crippen LogP contribution in [0, 0.1) is 0 Å². The summed E-state index contributed by atoms with van der Waals surface area (Å²) in [6.07, 6.45) is 0. The summed E-state index contributed by atoms with van der Waals surface area (Å²) in [6.45, 7) is 1.02. The van der Waals surface area contributed by atoms with E-state index >= 15 is 0 Å². The van der Waals surface area contributed by atoms with Crippen LogP contribution in [0.15, 0.2) is 59.6 Å². The Balaban J connectivity index is 0.00000200. The van der Waals surface area contributed by atoms with Gasteiger partial charge in [0.15, 0.2) is 5.96 Å². The molecule has 0 atom stereocenters. The van der Waals surface area contributed by atoms with Gasteiger partial charge in [0.1, 0.15) is 12.4 Å². The molecular weight excluding hydrogens is 365 g/mol. The molecule has 0 saturated carbocycles. The first-order valence-corrected chi connectivity index (χ1v) is 6.05. The minimum atomic E-state index is 0. The van der Waals surface area contributed by atoms with Crippen LogP contribution in [0.3, 0.4) is 0 Å². The molecule has 5 heteroatoms. The third kappa shape index (κ3) is 5.48. The van der Waals surface area contributed by atoms with E-state index in [1.165, 1.54) is 0 Å². The Kier molecular flexibility index (Phi) is 6.86. The minimum Gasteiger partial charge on any atom is -0.489 e. The fourth-order valence-corrected chi connectivity index (χ4v) is 1.68. The number of benzene rings is 2. The maximum absolute atomic E-state index is 5.69. The first-order valence-electron chi connectivity index (χ1n) is 6.05. The monoisotopic (exact) mass is 383 g/mol. The molecular formula is C15H18IN3O. The highest BCUT2D eigenvalue weighted by molar-refractivity contribution is 14.0. The maximum atomic E-state index is 5.69. The zero-order valence-corrected chi connectivity index (χ0v) is 13.4. The van der Waals surface area contributed by atoms with Crippen molar-refractivity contribution in [2.24, 2.45) is 16.5 Å². The number of hydrogen-bond donors (Lipinski definition) is 2. The third-order valence-electron chi connectivity index (χ3n) is 2.58. The molecule has 0 unspecified atom stereocenters. The normalized spacial score (nSPS) is 9.40. The lowest BCUT2D eigenvalue weighted by atomic mass is 10.1. The largest absolute Gasteiger partial charge is 0.489 e. The number of hydrogen-bond acceptors (Lipinski definition) is 2. The van der Waals surface area contributed by atoms with E-state index in [0.717, 1.165) is 16.9 Å². The van der Waals surface area contributed by atoms with E-state index in [1.54, 1.807) is 0 Å². The molecule has 2 aromatic rings. The molecule has 0 heterocycles. The van der Waals surface area contributed by atoms with Crippen LogP contribution in [0.1, 0.15) is 11.1 Å². The summed E-state index contributed by atoms with van der Waals surface area (Å²) in [5, 5.41) is 0. The van der Waals surface area contributed by atoms with Crippen LogP contribution in [-0.4, -0.2) is 5.96 Å². The average Bonchev–Trinajstić information content (AvgIpc) is 2.44. The number of guanidine groups is 1. The van der Waals surface area contributed by atoms with Crippen LogP contribution < -0.4 is 16.2 Å². The van der Waals surface area contributed by atoms with E-state index < -0.39 is 0 Å². The van der Waals surface area contributed by atoms with Crippen LogP contribution in [0.25, 0.3) is 0 Å². The van der Waals surface area contributed by atoms with Gasteiger partial charge >= 0.3 is 0 Å². The molecule has 0 amide bonds. The summed E-state index contributed by atoms with van der Waals surface area (Å²) in [5.41, 5.74) is 12.8. The maximum Gasteiger partial charge on any atom is 0.186 e. The standard InChI is InChI=1S/C15H17N3O.HI/c16-15(17)18-10-12-5-4-6-13(9-12)11-19-14-7-2-1-3-8-14;/h1-9H,10-11H2,(H4,16,17,18);1H. The number of nitrogens with zero attached hydrogens (tertiary/aromatic N) is 1. The topological polar surface area (TPSA) is 73.6 Å². The zero-order valence-electron chi connectivity index (χ0n) is 11.0. The van der Waals surface area contributed by atoms with Crippen molar-refractivity contribution in [1.29, 1.82) is 0 Å². The lowest BCUT2D eigenvalue weighted by Crippen LogP contribution is -2.22. The number of aliphatic imine (C=N–C) groups is 1. The number of rotatable bonds is 5. The average molecular weight is 383 g/mol. The smallest absolute Gasteiger partial charge is 0.186 e. The quantitative estimate of drug-likeness (QED) is 0.474. The second-order valence-corrected chi connectivity index (χ2v) is 4.16. The molecule has 2 aromatic carbocycles. The van der Waals surface area contributed by atoms with Gasteiger partial charge in [-0.05, 0) is 23.3 Å². The van der Waals surface area contributed by atoms with Gasteiger partial charge in [-0.1, -0.05) is 42.5 Å². The van der Waals surface area contributed by atoms with Gasteiger partial charge in [-0.3, -0.25) is 0 Å². The fourth-order valence-electron chi connectivity index (χ4n) is 1.68. The second kappa shape index (κ2) is 8.42. The van der Waals surface area contributed by atoms with Crippen molar-refractivity contribution in [3.8, 4) is 5.75 Å². The zero-order chi connectivity index (χ0) is 13.5. The first kappa shape index (κ1) is 16.3. The van der Waals surface area contributed by atoms with Gasteiger partial charge in [0.2, 0.25) is 0 Å². The number of para-hydroxylation sites is 1. The van der Waals surface area contributed by atoms with Gasteiger partial charge in [-0.15, -0.1) is 24.0 Å². The van der Waals surface area contributed by atoms with E-state index in [4.69, 9.17) is 16.2 Å². The summed E-state index contributed by atoms with van der Waals surface area (Å²) in [4.78, 5) is 3.99. The van der Waals surface area contributed by atoms with E-state index in [1.807, 2.05) is 54.6 Å². The highest BCUT2D eigenvalue weighted by atomic mass is 127. The van der Waals surface area contributed by atoms with Crippen molar-refractivity contribution in [3.63, 3.8) is 0 Å². The van der Waals surface area contributed by atoms with E-state index in [-0.39, 0.29) is 29.9 Å². The van der Waals surface area contributed by atoms with Crippen molar-refractivity contribution < 1.29 is 4.74 Å². The highest BCUT2D eigenvalue weighted by Gasteiger charge is 1.98. The number of nitrogens with two attached hydrogens (primary N) is 2. The van der Waals surface area contributed by atoms with Crippen molar-refractivity contribution in [2.45, 2.75) is 13.2 Å². The van der Waals surface area contributed by atoms with Crippen LogP contribution in [0.2, 0.25) is 0 Å². The van der Waals surface area contributed by atoms with Crippen molar-refractivity contribution in [2.75, 3.05) is 0 Å². The Hall–Kier alpha value is -1.76. The molecule has 0 fully saturated rings. The molecule has 4 N–H and O–H groups in total. The van der Waals surface area contributed by atoms with Gasteiger partial charge in [0.25, 0.3) is 0 Å². The molecule has 2 rings (SSSR count). The Labute approximate surface area is 135 Å². The Morgan fingerprint density at radius 3 is 2.35 bits per heavy atom. The van der Waals surface area contributed by atoms with Crippen molar-refractivity contribution >= 4 is 29.9 Å². The summed E-state index contributed by atoms with van der Waals surface area (Å²) < 4.78 is 5.69. The molecule has 0 aromatic heterocycles. The lowest BCUT2D eigenvalue weighted by molar-refractivity contribution is 0.306. The summed E-state index contributed by atoms with van der Waals surface area (Å²) in [5.74, 6) is 0.961. The number of halogens is 1. The fraction of sp³-hybridized carbons (Fsp3) is 0.133. The highest BCUT2D eigenvalue weighted by Crippen LogP contribution is 2.13. The van der Waals surface area contributed by atoms with Crippen molar-refractivity contribution in [1.82, 2.24) is 0 Å². The van der Waals surface area contributed by atoms with Gasteiger partial charge in [0, 0.05) is 0 Å². The summed E-state index contributed by atoms with van der Waals surface area (Å²) in [7, 11) is 0. The summed E-state index contributed by atoms with van der Waals surface area (Å²) in [6, 6.07) is 17.7. The van der Waals surface area contributed by atoms with Gasteiger partial charge in [-0.2, -0.15) is 0 Å². The van der Waals surface area contributed by atoms with Gasteiger partial charge in [-0.25, -0.2) is 4.99 Å². The van der Waals surface area contributed by atoms with Crippen LogP contribution >= 0.6 is 24.0 Å². The predicted molar refractivity (Wildman–Crippen MR) is 92.1 cm³/mol. The molecule has 0 aliphatic heterocycles. The molecule has 0 bridgehead atoms. The van der Waals surface area contributed by atoms with Crippen LogP contribution in [0.5, 0.6) is 5.75 Å². The lowest BCUT2D eigenvalue weighted by Gasteiger charge is -2.07. The second-order valence-electron chi connectivity index (χ2n) is 4.16. The Morgan fingerprint density at radius 2 is 1.65 bits per heavy atom. The van der Waals surface area contributed by atoms with E-state index in [0.29, 0.717) is 13.2 Å². The Bertz CT molecular complexity index is 554. The molecule has 0 spiro atoms. The predicted octanol–water partition coefficient (Wildman–Crippen LogP) is 2.66. The molecule has 0 aliphatic rings. The SMILES string of the molecule is I.NC(N)=NCc1cccc(COc2ccccc2)c1. The van der Waals surface area contributed by atoms with E-state index in [9.17, 15) is 0 Å². The molecule has 0 aliphatic carbocycles. The van der Waals surface area contributed by atoms with Crippen molar-refractivity contribution in [3.05, 3.63) is 65.7 Å². The van der Waals surface area contributed by atoms with Crippen LogP contribution in [0.4, 0.5) is 0 Å². The van der Waals surface area contributed by atoms with Gasteiger partial charge < -0.3 is 16.2 Å². The third-order valence-corrected chi connectivity index (χ3v) is 2.58. The number of ether oxygens (including phenoxy) is 1. The molecule has 4 nitrogen and oxygen atoms in total. The van der Waals surface area contributed by atoms with Crippen LogP contribution in [-0.2, 0) is 13.2 Å². The Morgan fingerprint density at radius 1 is 0.950 bits per heavy atom. The molecule has 20 heavy (non-hydrogen) atoms. The van der Waals surface area contributed by atoms with Gasteiger partial charge in [0.05, 0.1) is 6.54 Å². The molecule has 0 radical (unpaired) electrons. The molecule has 0 saturated heterocycles. The van der Waals surface area contributed by atoms with E-state index in [2.05, 4.69) is 4.99 Å².